The maximum absolute atomic E-state index is 10.0. The highest BCUT2D eigenvalue weighted by atomic mass is 16.5. The summed E-state index contributed by atoms with van der Waals surface area (Å²) in [6.07, 6.45) is 0.753. The summed E-state index contributed by atoms with van der Waals surface area (Å²) in [5, 5.41) is 16.4. The van der Waals surface area contributed by atoms with Crippen LogP contribution in [0.25, 0.3) is 0 Å². The molecule has 2 unspecified atom stereocenters. The molecule has 0 saturated carbocycles. The molecule has 136 valence electrons. The van der Waals surface area contributed by atoms with Gasteiger partial charge in [-0.25, -0.2) is 0 Å². The number of aryl methyl sites for hydroxylation is 1. The highest BCUT2D eigenvalue weighted by molar-refractivity contribution is 5.79. The van der Waals surface area contributed by atoms with E-state index in [0.29, 0.717) is 18.3 Å². The summed E-state index contributed by atoms with van der Waals surface area (Å²) < 4.78 is 11.1. The van der Waals surface area contributed by atoms with E-state index < -0.39 is 6.10 Å². The molecule has 6 nitrogen and oxygen atoms in total. The van der Waals surface area contributed by atoms with Crippen molar-refractivity contribution in [1.29, 1.82) is 0 Å². The second kappa shape index (κ2) is 9.74. The van der Waals surface area contributed by atoms with E-state index in [0.717, 1.165) is 12.3 Å². The van der Waals surface area contributed by atoms with E-state index >= 15 is 0 Å². The van der Waals surface area contributed by atoms with Gasteiger partial charge in [-0.05, 0) is 50.6 Å². The summed E-state index contributed by atoms with van der Waals surface area (Å²) in [7, 11) is 0. The highest BCUT2D eigenvalue weighted by Crippen LogP contribution is 2.14. The first-order chi connectivity index (χ1) is 12.1. The van der Waals surface area contributed by atoms with Crippen molar-refractivity contribution in [3.8, 4) is 5.75 Å². The van der Waals surface area contributed by atoms with Gasteiger partial charge in [0.15, 0.2) is 5.96 Å². The molecule has 0 amide bonds. The number of aliphatic imine (C=N–C) groups is 1. The van der Waals surface area contributed by atoms with Crippen LogP contribution >= 0.6 is 0 Å². The molecule has 1 aromatic carbocycles. The van der Waals surface area contributed by atoms with Gasteiger partial charge in [0.2, 0.25) is 0 Å². The second-order valence-electron chi connectivity index (χ2n) is 5.88. The summed E-state index contributed by atoms with van der Waals surface area (Å²) in [6, 6.07) is 11.5. The van der Waals surface area contributed by atoms with Crippen LogP contribution in [0.2, 0.25) is 0 Å². The molecule has 1 heterocycles. The lowest BCUT2D eigenvalue weighted by atomic mass is 10.2. The maximum Gasteiger partial charge on any atom is 0.191 e. The molecule has 0 aliphatic rings. The first-order valence-electron chi connectivity index (χ1n) is 8.55. The van der Waals surface area contributed by atoms with Crippen LogP contribution in [-0.2, 0) is 0 Å². The minimum atomic E-state index is -0.758. The monoisotopic (exact) mass is 345 g/mol. The molecule has 0 bridgehead atoms. The Labute approximate surface area is 148 Å². The molecule has 0 spiro atoms. The van der Waals surface area contributed by atoms with Gasteiger partial charge in [-0.3, -0.25) is 4.99 Å². The summed E-state index contributed by atoms with van der Waals surface area (Å²) in [5.74, 6) is 1.99. The fourth-order valence-electron chi connectivity index (χ4n) is 2.29. The lowest BCUT2D eigenvalue weighted by Crippen LogP contribution is -2.42. The van der Waals surface area contributed by atoms with E-state index in [2.05, 4.69) is 15.6 Å². The standard InChI is InChI=1S/C19H27N3O3/c1-4-20-19(22-13-17(23)18-9-6-10-24-18)21-12-15(3)25-16-8-5-7-14(2)11-16/h5-11,15,17,23H,4,12-13H2,1-3H3,(H2,20,21,22). The molecule has 1 aromatic heterocycles. The Morgan fingerprint density at radius 3 is 2.80 bits per heavy atom. The van der Waals surface area contributed by atoms with Crippen LogP contribution in [0.1, 0.15) is 31.3 Å². The third-order valence-electron chi connectivity index (χ3n) is 3.52. The average molecular weight is 345 g/mol. The summed E-state index contributed by atoms with van der Waals surface area (Å²) >= 11 is 0. The number of aliphatic hydroxyl groups excluding tert-OH is 1. The lowest BCUT2D eigenvalue weighted by molar-refractivity contribution is 0.158. The van der Waals surface area contributed by atoms with Crippen molar-refractivity contribution in [3.63, 3.8) is 0 Å². The van der Waals surface area contributed by atoms with Crippen LogP contribution < -0.4 is 15.4 Å². The Balaban J connectivity index is 1.84. The Bertz CT molecular complexity index is 656. The van der Waals surface area contributed by atoms with Gasteiger partial charge in [-0.15, -0.1) is 0 Å². The quantitative estimate of drug-likeness (QED) is 0.506. The van der Waals surface area contributed by atoms with Gasteiger partial charge in [0.05, 0.1) is 19.4 Å². The minimum absolute atomic E-state index is 0.0272. The highest BCUT2D eigenvalue weighted by Gasteiger charge is 2.11. The number of rotatable bonds is 8. The van der Waals surface area contributed by atoms with Crippen LogP contribution in [0, 0.1) is 6.92 Å². The zero-order chi connectivity index (χ0) is 18.1. The molecule has 2 aromatic rings. The predicted molar refractivity (Wildman–Crippen MR) is 98.9 cm³/mol. The van der Waals surface area contributed by atoms with Crippen LogP contribution in [-0.4, -0.2) is 36.8 Å². The summed E-state index contributed by atoms with van der Waals surface area (Å²) in [5.41, 5.74) is 1.17. The van der Waals surface area contributed by atoms with E-state index in [1.165, 1.54) is 11.8 Å². The molecule has 0 saturated heterocycles. The molecule has 0 aliphatic carbocycles. The lowest BCUT2D eigenvalue weighted by Gasteiger charge is -2.18. The van der Waals surface area contributed by atoms with Gasteiger partial charge in [-0.2, -0.15) is 0 Å². The molecular weight excluding hydrogens is 318 g/mol. The molecule has 0 fully saturated rings. The first kappa shape index (κ1) is 18.9. The smallest absolute Gasteiger partial charge is 0.191 e. The molecule has 2 rings (SSSR count). The van der Waals surface area contributed by atoms with E-state index in [1.54, 1.807) is 12.1 Å². The van der Waals surface area contributed by atoms with Crippen molar-refractivity contribution in [2.24, 2.45) is 4.99 Å². The van der Waals surface area contributed by atoms with Crippen LogP contribution in [0.5, 0.6) is 5.75 Å². The normalized spacial score (nSPS) is 14.0. The van der Waals surface area contributed by atoms with E-state index in [9.17, 15) is 5.11 Å². The largest absolute Gasteiger partial charge is 0.489 e. The predicted octanol–water partition coefficient (Wildman–Crippen LogP) is 2.64. The number of nitrogens with zero attached hydrogens (tertiary/aromatic N) is 1. The second-order valence-corrected chi connectivity index (χ2v) is 5.88. The van der Waals surface area contributed by atoms with Crippen molar-refractivity contribution in [2.45, 2.75) is 33.0 Å². The Morgan fingerprint density at radius 2 is 2.12 bits per heavy atom. The van der Waals surface area contributed by atoms with E-state index in [1.807, 2.05) is 45.0 Å². The van der Waals surface area contributed by atoms with Crippen LogP contribution in [0.3, 0.4) is 0 Å². The Hall–Kier alpha value is -2.47. The number of ether oxygens (including phenoxy) is 1. The molecule has 0 aliphatic heterocycles. The van der Waals surface area contributed by atoms with Crippen molar-refractivity contribution in [2.75, 3.05) is 19.6 Å². The van der Waals surface area contributed by atoms with E-state index in [4.69, 9.17) is 9.15 Å². The molecule has 2 atom stereocenters. The Morgan fingerprint density at radius 1 is 1.28 bits per heavy atom. The number of hydrogen-bond acceptors (Lipinski definition) is 4. The van der Waals surface area contributed by atoms with Crippen molar-refractivity contribution < 1.29 is 14.3 Å². The number of guanidine groups is 1. The summed E-state index contributed by atoms with van der Waals surface area (Å²) in [4.78, 5) is 4.39. The SMILES string of the molecule is CCNC(=NCC(O)c1ccco1)NCC(C)Oc1cccc(C)c1. The summed E-state index contributed by atoms with van der Waals surface area (Å²) in [6.45, 7) is 7.57. The van der Waals surface area contributed by atoms with E-state index in [-0.39, 0.29) is 12.6 Å². The van der Waals surface area contributed by atoms with Crippen LogP contribution in [0.4, 0.5) is 0 Å². The molecule has 25 heavy (non-hydrogen) atoms. The minimum Gasteiger partial charge on any atom is -0.489 e. The van der Waals surface area contributed by atoms with Gasteiger partial charge in [-0.1, -0.05) is 12.1 Å². The molecule has 0 radical (unpaired) electrons. The third kappa shape index (κ3) is 6.51. The number of hydrogen-bond donors (Lipinski definition) is 3. The zero-order valence-electron chi connectivity index (χ0n) is 15.0. The van der Waals surface area contributed by atoms with Gasteiger partial charge < -0.3 is 24.9 Å². The number of benzene rings is 1. The molecule has 3 N–H and O–H groups in total. The number of nitrogens with one attached hydrogen (secondary N) is 2. The maximum atomic E-state index is 10.0. The first-order valence-corrected chi connectivity index (χ1v) is 8.55. The fraction of sp³-hybridized carbons (Fsp3) is 0.421. The number of furan rings is 1. The van der Waals surface area contributed by atoms with Gasteiger partial charge in [0, 0.05) is 6.54 Å². The van der Waals surface area contributed by atoms with Crippen molar-refractivity contribution >= 4 is 5.96 Å². The molecule has 6 heteroatoms. The van der Waals surface area contributed by atoms with Gasteiger partial charge in [0.1, 0.15) is 23.7 Å². The number of aliphatic hydroxyl groups is 1. The van der Waals surface area contributed by atoms with Crippen molar-refractivity contribution in [3.05, 3.63) is 54.0 Å². The zero-order valence-corrected chi connectivity index (χ0v) is 15.0. The third-order valence-corrected chi connectivity index (χ3v) is 3.52. The average Bonchev–Trinajstić information content (AvgIpc) is 3.12. The Kier molecular flexibility index (Phi) is 7.35. The van der Waals surface area contributed by atoms with Crippen LogP contribution in [0.15, 0.2) is 52.1 Å². The topological polar surface area (TPSA) is 79.0 Å². The van der Waals surface area contributed by atoms with Crippen molar-refractivity contribution in [1.82, 2.24) is 10.6 Å². The fourth-order valence-corrected chi connectivity index (χ4v) is 2.29. The van der Waals surface area contributed by atoms with Gasteiger partial charge in [0.25, 0.3) is 0 Å². The van der Waals surface area contributed by atoms with Gasteiger partial charge >= 0.3 is 0 Å². The molecular formula is C19H27N3O3.